The fourth-order valence-electron chi connectivity index (χ4n) is 3.69. The van der Waals surface area contributed by atoms with Crippen LogP contribution in [0.1, 0.15) is 56.6 Å². The first-order valence-corrected chi connectivity index (χ1v) is 9.58. The molecule has 1 fully saturated rings. The van der Waals surface area contributed by atoms with Crippen molar-refractivity contribution < 1.29 is 4.79 Å². The predicted molar refractivity (Wildman–Crippen MR) is 105 cm³/mol. The number of likely N-dealkylation sites (tertiary alicyclic amines) is 1. The van der Waals surface area contributed by atoms with Crippen LogP contribution >= 0.6 is 0 Å². The Morgan fingerprint density at radius 2 is 1.96 bits per heavy atom. The number of hydrogen-bond donors (Lipinski definition) is 0. The van der Waals surface area contributed by atoms with Crippen molar-refractivity contribution >= 4 is 12.0 Å². The number of piperidine rings is 1. The smallest absolute Gasteiger partial charge is 0.246 e. The molecule has 5 nitrogen and oxygen atoms in total. The van der Waals surface area contributed by atoms with E-state index in [1.165, 1.54) is 0 Å². The molecule has 2 aromatic rings. The predicted octanol–water partition coefficient (Wildman–Crippen LogP) is 4.14. The Morgan fingerprint density at radius 3 is 2.62 bits per heavy atom. The summed E-state index contributed by atoms with van der Waals surface area (Å²) in [6, 6.07) is 4.46. The Kier molecular flexibility index (Phi) is 5.35. The van der Waals surface area contributed by atoms with Gasteiger partial charge in [0.2, 0.25) is 5.91 Å². The normalized spacial score (nSPS) is 16.2. The van der Waals surface area contributed by atoms with E-state index in [2.05, 4.69) is 50.4 Å². The summed E-state index contributed by atoms with van der Waals surface area (Å²) in [6.45, 7) is 12.4. The van der Waals surface area contributed by atoms with Crippen molar-refractivity contribution in [3.63, 3.8) is 0 Å². The molecule has 0 atom stereocenters. The van der Waals surface area contributed by atoms with Crippen LogP contribution in [0.3, 0.4) is 0 Å². The highest BCUT2D eigenvalue weighted by Gasteiger charge is 2.19. The van der Waals surface area contributed by atoms with Gasteiger partial charge in [-0.25, -0.2) is 4.68 Å². The Hall–Kier alpha value is -2.30. The molecule has 26 heavy (non-hydrogen) atoms. The van der Waals surface area contributed by atoms with Crippen molar-refractivity contribution in [1.82, 2.24) is 19.2 Å². The van der Waals surface area contributed by atoms with Gasteiger partial charge >= 0.3 is 0 Å². The van der Waals surface area contributed by atoms with Crippen molar-refractivity contribution in [1.29, 1.82) is 0 Å². The molecule has 0 spiro atoms. The minimum Gasteiger partial charge on any atom is -0.339 e. The Labute approximate surface area is 156 Å². The highest BCUT2D eigenvalue weighted by atomic mass is 16.2. The van der Waals surface area contributed by atoms with Crippen molar-refractivity contribution in [3.8, 4) is 5.82 Å². The summed E-state index contributed by atoms with van der Waals surface area (Å²) in [6.07, 6.45) is 7.72. The molecule has 0 radical (unpaired) electrons. The lowest BCUT2D eigenvalue weighted by molar-refractivity contribution is -0.127. The number of nitrogens with zero attached hydrogens (tertiary/aromatic N) is 4. The van der Waals surface area contributed by atoms with Gasteiger partial charge in [0.05, 0.1) is 6.20 Å². The molecule has 1 aliphatic rings. The average Bonchev–Trinajstić information content (AvgIpc) is 3.18. The van der Waals surface area contributed by atoms with E-state index in [0.717, 1.165) is 54.6 Å². The van der Waals surface area contributed by atoms with Gasteiger partial charge < -0.3 is 9.47 Å². The molecule has 0 aliphatic carbocycles. The van der Waals surface area contributed by atoms with Gasteiger partial charge in [-0.15, -0.1) is 0 Å². The highest BCUT2D eigenvalue weighted by molar-refractivity contribution is 5.92. The van der Waals surface area contributed by atoms with Crippen LogP contribution in [0.2, 0.25) is 0 Å². The van der Waals surface area contributed by atoms with Gasteiger partial charge in [-0.1, -0.05) is 6.92 Å². The molecule has 140 valence electrons. The van der Waals surface area contributed by atoms with E-state index >= 15 is 0 Å². The van der Waals surface area contributed by atoms with E-state index in [4.69, 9.17) is 0 Å². The molecule has 0 saturated carbocycles. The second-order valence-electron chi connectivity index (χ2n) is 7.73. The van der Waals surface area contributed by atoms with Crippen LogP contribution in [0.25, 0.3) is 11.9 Å². The standard InChI is InChI=1S/C21H30N4O/c1-15(2)25-20(8-11-22-25)24-17(4)14-19(18(24)5)6-7-21(26)23-12-9-16(3)10-13-23/h6-8,11,14-16H,9-10,12-13H2,1-5H3. The summed E-state index contributed by atoms with van der Waals surface area (Å²) in [5.74, 6) is 1.91. The fourth-order valence-corrected chi connectivity index (χ4v) is 3.69. The molecule has 5 heteroatoms. The summed E-state index contributed by atoms with van der Waals surface area (Å²) >= 11 is 0. The maximum Gasteiger partial charge on any atom is 0.246 e. The molecule has 1 amide bonds. The maximum absolute atomic E-state index is 12.5. The summed E-state index contributed by atoms with van der Waals surface area (Å²) in [5, 5.41) is 4.44. The van der Waals surface area contributed by atoms with Gasteiger partial charge in [-0.05, 0) is 64.2 Å². The van der Waals surface area contributed by atoms with Gasteiger partial charge in [0.15, 0.2) is 0 Å². The first-order valence-electron chi connectivity index (χ1n) is 9.58. The van der Waals surface area contributed by atoms with Gasteiger partial charge in [-0.2, -0.15) is 5.10 Å². The van der Waals surface area contributed by atoms with E-state index in [0.29, 0.717) is 6.04 Å². The zero-order chi connectivity index (χ0) is 18.8. The van der Waals surface area contributed by atoms with Gasteiger partial charge in [-0.3, -0.25) is 4.79 Å². The van der Waals surface area contributed by atoms with E-state index in [1.54, 1.807) is 6.08 Å². The van der Waals surface area contributed by atoms with Crippen LogP contribution in [0.15, 0.2) is 24.4 Å². The number of rotatable bonds is 4. The largest absolute Gasteiger partial charge is 0.339 e. The molecule has 0 bridgehead atoms. The Balaban J connectivity index is 1.82. The summed E-state index contributed by atoms with van der Waals surface area (Å²) in [7, 11) is 0. The summed E-state index contributed by atoms with van der Waals surface area (Å²) in [4.78, 5) is 14.4. The Bertz CT molecular complexity index is 804. The molecular weight excluding hydrogens is 324 g/mol. The van der Waals surface area contributed by atoms with E-state index < -0.39 is 0 Å². The lowest BCUT2D eigenvalue weighted by atomic mass is 9.99. The van der Waals surface area contributed by atoms with Crippen LogP contribution < -0.4 is 0 Å². The fraction of sp³-hybridized carbons (Fsp3) is 0.524. The third-order valence-corrected chi connectivity index (χ3v) is 5.34. The first kappa shape index (κ1) is 18.5. The van der Waals surface area contributed by atoms with Crippen molar-refractivity contribution in [2.75, 3.05) is 13.1 Å². The lowest BCUT2D eigenvalue weighted by Gasteiger charge is -2.29. The van der Waals surface area contributed by atoms with Crippen molar-refractivity contribution in [3.05, 3.63) is 41.4 Å². The molecule has 0 unspecified atom stereocenters. The zero-order valence-corrected chi connectivity index (χ0v) is 16.6. The lowest BCUT2D eigenvalue weighted by Crippen LogP contribution is -2.36. The van der Waals surface area contributed by atoms with Gasteiger partial charge in [0.25, 0.3) is 0 Å². The van der Waals surface area contributed by atoms with Crippen LogP contribution in [-0.2, 0) is 4.79 Å². The molecule has 2 aromatic heterocycles. The second kappa shape index (κ2) is 7.52. The molecule has 1 saturated heterocycles. The number of aryl methyl sites for hydroxylation is 1. The summed E-state index contributed by atoms with van der Waals surface area (Å²) in [5.41, 5.74) is 3.35. The first-order chi connectivity index (χ1) is 12.4. The maximum atomic E-state index is 12.5. The minimum atomic E-state index is 0.119. The number of aromatic nitrogens is 3. The van der Waals surface area contributed by atoms with Crippen LogP contribution in [0.4, 0.5) is 0 Å². The molecular formula is C21H30N4O. The molecule has 1 aliphatic heterocycles. The monoisotopic (exact) mass is 354 g/mol. The molecule has 0 aromatic carbocycles. The number of carbonyl (C=O) groups excluding carboxylic acids is 1. The van der Waals surface area contributed by atoms with Gasteiger partial charge in [0.1, 0.15) is 5.82 Å². The van der Waals surface area contributed by atoms with Crippen LogP contribution in [0, 0.1) is 19.8 Å². The van der Waals surface area contributed by atoms with E-state index in [-0.39, 0.29) is 5.91 Å². The van der Waals surface area contributed by atoms with Crippen molar-refractivity contribution in [2.24, 2.45) is 5.92 Å². The van der Waals surface area contributed by atoms with E-state index in [1.807, 2.05) is 27.9 Å². The zero-order valence-electron chi connectivity index (χ0n) is 16.6. The molecule has 3 heterocycles. The molecule has 3 rings (SSSR count). The molecule has 0 N–H and O–H groups in total. The quantitative estimate of drug-likeness (QED) is 0.774. The third-order valence-electron chi connectivity index (χ3n) is 5.34. The topological polar surface area (TPSA) is 43.1 Å². The Morgan fingerprint density at radius 1 is 1.27 bits per heavy atom. The number of carbonyl (C=O) groups is 1. The SMILES string of the molecule is Cc1cc(C=CC(=O)N2CCC(C)CC2)c(C)n1-c1ccnn1C(C)C. The average molecular weight is 354 g/mol. The van der Waals surface area contributed by atoms with Crippen molar-refractivity contribution in [2.45, 2.75) is 53.5 Å². The van der Waals surface area contributed by atoms with Crippen LogP contribution in [0.5, 0.6) is 0 Å². The second-order valence-corrected chi connectivity index (χ2v) is 7.73. The number of amides is 1. The number of hydrogen-bond acceptors (Lipinski definition) is 2. The highest BCUT2D eigenvalue weighted by Crippen LogP contribution is 2.24. The van der Waals surface area contributed by atoms with Crippen LogP contribution in [-0.4, -0.2) is 38.2 Å². The van der Waals surface area contributed by atoms with Gasteiger partial charge in [0, 0.05) is 42.7 Å². The summed E-state index contributed by atoms with van der Waals surface area (Å²) < 4.78 is 4.23. The van der Waals surface area contributed by atoms with E-state index in [9.17, 15) is 4.79 Å². The third kappa shape index (κ3) is 3.62. The minimum absolute atomic E-state index is 0.119.